The van der Waals surface area contributed by atoms with Gasteiger partial charge in [-0.05, 0) is 55.5 Å². The third-order valence-corrected chi connectivity index (χ3v) is 11.4. The molecule has 11 heteroatoms. The van der Waals surface area contributed by atoms with Crippen molar-refractivity contribution in [3.63, 3.8) is 0 Å². The van der Waals surface area contributed by atoms with Crippen molar-refractivity contribution in [2.24, 2.45) is 13.0 Å². The van der Waals surface area contributed by atoms with Gasteiger partial charge in [0.2, 0.25) is 5.91 Å². The Hall–Kier alpha value is -3.49. The zero-order valence-electron chi connectivity index (χ0n) is 23.0. The predicted molar refractivity (Wildman–Crippen MR) is 160 cm³/mol. The highest BCUT2D eigenvalue weighted by Crippen LogP contribution is 2.46. The summed E-state index contributed by atoms with van der Waals surface area (Å²) in [4.78, 5) is 34.6. The summed E-state index contributed by atoms with van der Waals surface area (Å²) >= 11 is 1.47. The van der Waals surface area contributed by atoms with E-state index in [1.54, 1.807) is 19.3 Å². The molecule has 3 aromatic rings. The van der Waals surface area contributed by atoms with E-state index in [9.17, 15) is 23.3 Å². The smallest absolute Gasteiger partial charge is 0.260 e. The normalized spacial score (nSPS) is 23.0. The van der Waals surface area contributed by atoms with Crippen LogP contribution in [0, 0.1) is 17.2 Å². The average molecular weight is 592 g/mol. The maximum Gasteiger partial charge on any atom is 0.260 e. The van der Waals surface area contributed by atoms with Crippen LogP contribution >= 0.6 is 11.3 Å². The minimum absolute atomic E-state index is 0.0831. The number of benzene rings is 1. The second kappa shape index (κ2) is 10.7. The molecule has 3 fully saturated rings. The molecular formula is C30H33N5O4S2. The summed E-state index contributed by atoms with van der Waals surface area (Å²) in [6.07, 6.45) is 6.55. The number of thiazole rings is 1. The summed E-state index contributed by atoms with van der Waals surface area (Å²) in [6.45, 7) is 0.940. The number of pyridine rings is 1. The molecular weight excluding hydrogens is 558 g/mol. The number of anilines is 1. The first-order chi connectivity index (χ1) is 19.7. The summed E-state index contributed by atoms with van der Waals surface area (Å²) in [7, 11) is -1.25. The molecule has 3 aliphatic rings. The first-order valence-electron chi connectivity index (χ1n) is 14.1. The zero-order chi connectivity index (χ0) is 28.8. The second-order valence-corrected chi connectivity index (χ2v) is 14.7. The molecule has 1 aromatic carbocycles. The molecule has 0 bridgehead atoms. The van der Waals surface area contributed by atoms with Crippen LogP contribution in [0.5, 0.6) is 0 Å². The standard InChI is InChI=1S/C30H33N5O4S2/c1-34-14-4-7-24(29(34)37)28-32-25(22-5-2-3-6-23(22)27(36)33-30(19-31)12-13-30)26(40-28)20-8-10-21(11-9-20)35-15-17-41(38,39)18-16-35/h4,7-11,14,22-23H,2-3,5-6,12-13,15-18H2,1H3,(H,33,36). The van der Waals surface area contributed by atoms with Crippen LogP contribution in [-0.4, -0.2) is 54.0 Å². The maximum absolute atomic E-state index is 13.5. The Bertz CT molecular complexity index is 1670. The molecule has 1 aliphatic heterocycles. The molecule has 0 radical (unpaired) electrons. The molecule has 1 amide bonds. The van der Waals surface area contributed by atoms with Crippen molar-refractivity contribution >= 4 is 32.8 Å². The summed E-state index contributed by atoms with van der Waals surface area (Å²) < 4.78 is 25.3. The van der Waals surface area contributed by atoms with Gasteiger partial charge in [0.25, 0.3) is 5.56 Å². The van der Waals surface area contributed by atoms with Crippen LogP contribution in [0.1, 0.15) is 50.1 Å². The van der Waals surface area contributed by atoms with Gasteiger partial charge in [0.15, 0.2) is 9.84 Å². The monoisotopic (exact) mass is 591 g/mol. The fourth-order valence-corrected chi connectivity index (χ4v) is 8.31. The Morgan fingerprint density at radius 1 is 1.12 bits per heavy atom. The van der Waals surface area contributed by atoms with Crippen LogP contribution in [-0.2, 0) is 21.7 Å². The molecule has 0 spiro atoms. The van der Waals surface area contributed by atoms with Gasteiger partial charge in [-0.2, -0.15) is 5.26 Å². The summed E-state index contributed by atoms with van der Waals surface area (Å²) in [5, 5.41) is 13.2. The fourth-order valence-electron chi connectivity index (χ4n) is 5.95. The number of rotatable bonds is 6. The highest BCUT2D eigenvalue weighted by atomic mass is 32.2. The van der Waals surface area contributed by atoms with E-state index in [2.05, 4.69) is 16.3 Å². The summed E-state index contributed by atoms with van der Waals surface area (Å²) in [5.41, 5.74) is 2.41. The topological polar surface area (TPSA) is 125 Å². The third-order valence-electron chi connectivity index (χ3n) is 8.63. The van der Waals surface area contributed by atoms with Gasteiger partial charge in [-0.1, -0.05) is 25.0 Å². The number of hydrogen-bond acceptors (Lipinski definition) is 8. The van der Waals surface area contributed by atoms with E-state index in [1.165, 1.54) is 15.9 Å². The van der Waals surface area contributed by atoms with Crippen LogP contribution in [0.3, 0.4) is 0 Å². The Morgan fingerprint density at radius 3 is 2.51 bits per heavy atom. The molecule has 2 aromatic heterocycles. The lowest BCUT2D eigenvalue weighted by Crippen LogP contribution is -2.42. The maximum atomic E-state index is 13.5. The Morgan fingerprint density at radius 2 is 1.83 bits per heavy atom. The molecule has 9 nitrogen and oxygen atoms in total. The van der Waals surface area contributed by atoms with Crippen molar-refractivity contribution in [1.82, 2.24) is 14.9 Å². The second-order valence-electron chi connectivity index (χ2n) is 11.4. The van der Waals surface area contributed by atoms with Gasteiger partial charge < -0.3 is 14.8 Å². The summed E-state index contributed by atoms with van der Waals surface area (Å²) in [6, 6.07) is 13.9. The SMILES string of the molecule is Cn1cccc(-c2nc(C3CCCCC3C(=O)NC3(C#N)CC3)c(-c3ccc(N4CCS(=O)(=O)CC4)cc3)s2)c1=O. The van der Waals surface area contributed by atoms with Gasteiger partial charge >= 0.3 is 0 Å². The van der Waals surface area contributed by atoms with Gasteiger partial charge in [0.05, 0.1) is 33.7 Å². The minimum atomic E-state index is -2.97. The van der Waals surface area contributed by atoms with Crippen molar-refractivity contribution in [3.8, 4) is 27.1 Å². The van der Waals surface area contributed by atoms with Crippen LogP contribution in [0.15, 0.2) is 47.4 Å². The first-order valence-corrected chi connectivity index (χ1v) is 16.8. The van der Waals surface area contributed by atoms with E-state index >= 15 is 0 Å². The molecule has 2 atom stereocenters. The third kappa shape index (κ3) is 5.55. The number of nitrogens with zero attached hydrogens (tertiary/aromatic N) is 4. The number of aryl methyl sites for hydroxylation is 1. The van der Waals surface area contributed by atoms with E-state index in [-0.39, 0.29) is 34.8 Å². The molecule has 41 heavy (non-hydrogen) atoms. The van der Waals surface area contributed by atoms with Crippen LogP contribution < -0.4 is 15.8 Å². The molecule has 2 aliphatic carbocycles. The van der Waals surface area contributed by atoms with Gasteiger partial charge in [0, 0.05) is 43.9 Å². The number of carbonyl (C=O) groups is 1. The Labute approximate surface area is 243 Å². The lowest BCUT2D eigenvalue weighted by molar-refractivity contribution is -0.127. The average Bonchev–Trinajstić information content (AvgIpc) is 3.61. The van der Waals surface area contributed by atoms with E-state index in [4.69, 9.17) is 4.98 Å². The number of nitriles is 1. The van der Waals surface area contributed by atoms with Crippen molar-refractivity contribution in [1.29, 1.82) is 5.26 Å². The van der Waals surface area contributed by atoms with Crippen molar-refractivity contribution in [3.05, 3.63) is 58.6 Å². The van der Waals surface area contributed by atoms with Gasteiger partial charge in [-0.3, -0.25) is 9.59 Å². The Balaban J connectivity index is 1.38. The van der Waals surface area contributed by atoms with E-state index in [0.29, 0.717) is 36.5 Å². The van der Waals surface area contributed by atoms with Crippen molar-refractivity contribution in [2.75, 3.05) is 29.5 Å². The number of aromatic nitrogens is 2. The zero-order valence-corrected chi connectivity index (χ0v) is 24.6. The highest BCUT2D eigenvalue weighted by molar-refractivity contribution is 7.91. The number of amides is 1. The van der Waals surface area contributed by atoms with E-state index < -0.39 is 15.4 Å². The molecule has 1 saturated heterocycles. The molecule has 2 unspecified atom stereocenters. The van der Waals surface area contributed by atoms with Crippen LogP contribution in [0.25, 0.3) is 21.0 Å². The van der Waals surface area contributed by atoms with Gasteiger partial charge in [0.1, 0.15) is 10.5 Å². The molecule has 6 rings (SSSR count). The number of sulfone groups is 1. The largest absolute Gasteiger partial charge is 0.369 e. The van der Waals surface area contributed by atoms with Crippen molar-refractivity contribution < 1.29 is 13.2 Å². The van der Waals surface area contributed by atoms with Crippen LogP contribution in [0.4, 0.5) is 5.69 Å². The Kier molecular flexibility index (Phi) is 7.24. The molecule has 3 heterocycles. The van der Waals surface area contributed by atoms with Gasteiger partial charge in [-0.25, -0.2) is 13.4 Å². The van der Waals surface area contributed by atoms with E-state index in [1.807, 2.05) is 30.3 Å². The molecule has 1 N–H and O–H groups in total. The predicted octanol–water partition coefficient (Wildman–Crippen LogP) is 3.86. The van der Waals surface area contributed by atoms with Crippen molar-refractivity contribution in [2.45, 2.75) is 50.0 Å². The lowest BCUT2D eigenvalue weighted by Gasteiger charge is -2.31. The number of hydrogen-bond donors (Lipinski definition) is 1. The lowest BCUT2D eigenvalue weighted by atomic mass is 9.76. The fraction of sp³-hybridized carbons (Fsp3) is 0.467. The van der Waals surface area contributed by atoms with E-state index in [0.717, 1.165) is 47.5 Å². The summed E-state index contributed by atoms with van der Waals surface area (Å²) in [5.74, 6) is -0.197. The quantitative estimate of drug-likeness (QED) is 0.462. The minimum Gasteiger partial charge on any atom is -0.369 e. The molecule has 2 saturated carbocycles. The number of nitrogens with one attached hydrogen (secondary N) is 1. The van der Waals surface area contributed by atoms with Gasteiger partial charge in [-0.15, -0.1) is 11.3 Å². The van der Waals surface area contributed by atoms with Crippen LogP contribution in [0.2, 0.25) is 0 Å². The number of carbonyl (C=O) groups excluding carboxylic acids is 1. The molecule has 214 valence electrons. The highest BCUT2D eigenvalue weighted by Gasteiger charge is 2.47. The first kappa shape index (κ1) is 27.7.